The van der Waals surface area contributed by atoms with Crippen LogP contribution in [0.2, 0.25) is 0 Å². The summed E-state index contributed by atoms with van der Waals surface area (Å²) < 4.78 is 13.3. The Morgan fingerprint density at radius 3 is 2.52 bits per heavy atom. The zero-order valence-electron chi connectivity index (χ0n) is 15.7. The van der Waals surface area contributed by atoms with Gasteiger partial charge in [-0.15, -0.1) is 10.2 Å². The molecule has 3 rings (SSSR count). The van der Waals surface area contributed by atoms with Crippen LogP contribution >= 0.6 is 11.3 Å². The number of aromatic nitrogens is 2. The number of amides is 2. The highest BCUT2D eigenvalue weighted by Gasteiger charge is 2.29. The molecule has 1 saturated heterocycles. The van der Waals surface area contributed by atoms with Gasteiger partial charge in [0.2, 0.25) is 11.0 Å². The number of carbonyl (C=O) groups is 2. The molecule has 1 aliphatic heterocycles. The third-order valence-electron chi connectivity index (χ3n) is 4.52. The van der Waals surface area contributed by atoms with E-state index in [1.165, 1.54) is 29.5 Å². The number of hydrogen-bond donors (Lipinski definition) is 1. The maximum Gasteiger partial charge on any atom is 0.253 e. The molecule has 0 atom stereocenters. The summed E-state index contributed by atoms with van der Waals surface area (Å²) in [5, 5.41) is 12.4. The van der Waals surface area contributed by atoms with Crippen molar-refractivity contribution in [3.8, 4) is 0 Å². The lowest BCUT2D eigenvalue weighted by molar-refractivity contribution is -0.121. The summed E-state index contributed by atoms with van der Waals surface area (Å²) in [6.45, 7) is 7.08. The van der Waals surface area contributed by atoms with Gasteiger partial charge < -0.3 is 10.2 Å². The van der Waals surface area contributed by atoms with E-state index in [9.17, 15) is 14.0 Å². The fraction of sp³-hybridized carbons (Fsp3) is 0.474. The molecule has 0 aliphatic carbocycles. The Hall–Kier alpha value is -2.35. The lowest BCUT2D eigenvalue weighted by Gasteiger charge is -2.31. The molecule has 0 bridgehead atoms. The molecule has 27 heavy (non-hydrogen) atoms. The summed E-state index contributed by atoms with van der Waals surface area (Å²) in [7, 11) is 0. The summed E-state index contributed by atoms with van der Waals surface area (Å²) in [6.07, 6.45) is 1.13. The first kappa shape index (κ1) is 19.4. The van der Waals surface area contributed by atoms with Crippen molar-refractivity contribution in [1.29, 1.82) is 0 Å². The Balaban J connectivity index is 1.55. The van der Waals surface area contributed by atoms with Gasteiger partial charge in [-0.3, -0.25) is 9.59 Å². The van der Waals surface area contributed by atoms with Gasteiger partial charge in [0.15, 0.2) is 0 Å². The van der Waals surface area contributed by atoms with Gasteiger partial charge in [0.25, 0.3) is 5.91 Å². The highest BCUT2D eigenvalue weighted by atomic mass is 32.1. The molecule has 1 fully saturated rings. The van der Waals surface area contributed by atoms with E-state index >= 15 is 0 Å². The van der Waals surface area contributed by atoms with E-state index in [-0.39, 0.29) is 23.1 Å². The minimum Gasteiger partial charge on any atom is -0.339 e. The first-order valence-corrected chi connectivity index (χ1v) is 9.75. The van der Waals surface area contributed by atoms with Crippen molar-refractivity contribution >= 4 is 28.3 Å². The second-order valence-electron chi connectivity index (χ2n) is 7.73. The number of benzene rings is 1. The zero-order valence-corrected chi connectivity index (χ0v) is 16.5. The Kier molecular flexibility index (Phi) is 5.55. The van der Waals surface area contributed by atoms with Gasteiger partial charge in [-0.25, -0.2) is 4.39 Å². The quantitative estimate of drug-likeness (QED) is 0.871. The second kappa shape index (κ2) is 7.72. The van der Waals surface area contributed by atoms with Gasteiger partial charge in [-0.1, -0.05) is 38.2 Å². The van der Waals surface area contributed by atoms with Crippen LogP contribution in [0.5, 0.6) is 0 Å². The number of halogens is 1. The maximum absolute atomic E-state index is 13.3. The van der Waals surface area contributed by atoms with Gasteiger partial charge in [0, 0.05) is 30.0 Å². The van der Waals surface area contributed by atoms with Crippen molar-refractivity contribution in [1.82, 2.24) is 15.1 Å². The van der Waals surface area contributed by atoms with Gasteiger partial charge in [-0.05, 0) is 31.0 Å². The third kappa shape index (κ3) is 4.68. The van der Waals surface area contributed by atoms with Crippen molar-refractivity contribution in [3.63, 3.8) is 0 Å². The van der Waals surface area contributed by atoms with Crippen molar-refractivity contribution < 1.29 is 14.0 Å². The van der Waals surface area contributed by atoms with E-state index in [2.05, 4.69) is 15.5 Å². The molecule has 1 aliphatic rings. The zero-order chi connectivity index (χ0) is 19.6. The highest BCUT2D eigenvalue weighted by Crippen LogP contribution is 2.28. The molecule has 1 aromatic heterocycles. The molecule has 0 unspecified atom stereocenters. The molecule has 2 heterocycles. The van der Waals surface area contributed by atoms with Crippen LogP contribution in [0.25, 0.3) is 0 Å². The van der Waals surface area contributed by atoms with E-state index in [4.69, 9.17) is 0 Å². The Bertz CT molecular complexity index is 838. The first-order valence-electron chi connectivity index (χ1n) is 8.94. The average Bonchev–Trinajstić information content (AvgIpc) is 3.10. The van der Waals surface area contributed by atoms with Gasteiger partial charge >= 0.3 is 0 Å². The lowest BCUT2D eigenvalue weighted by Crippen LogP contribution is -2.41. The van der Waals surface area contributed by atoms with E-state index in [1.54, 1.807) is 11.0 Å². The summed E-state index contributed by atoms with van der Waals surface area (Å²) in [5.41, 5.74) is 0.227. The van der Waals surface area contributed by atoms with Crippen LogP contribution in [0.3, 0.4) is 0 Å². The van der Waals surface area contributed by atoms with Gasteiger partial charge in [-0.2, -0.15) is 0 Å². The predicted octanol–water partition coefficient (Wildman–Crippen LogP) is 3.47. The number of piperidine rings is 1. The van der Waals surface area contributed by atoms with Crippen molar-refractivity contribution in [2.45, 2.75) is 39.0 Å². The monoisotopic (exact) mass is 390 g/mol. The average molecular weight is 390 g/mol. The smallest absolute Gasteiger partial charge is 0.253 e. The SMILES string of the molecule is CC(C)(C)c1nnc(NC(=O)C2CCN(C(=O)c3cccc(F)c3)CC2)s1. The maximum atomic E-state index is 13.3. The molecular weight excluding hydrogens is 367 g/mol. The Morgan fingerprint density at radius 2 is 1.93 bits per heavy atom. The normalized spacial score (nSPS) is 15.6. The molecule has 0 radical (unpaired) electrons. The molecular formula is C19H23FN4O2S. The fourth-order valence-corrected chi connectivity index (χ4v) is 3.74. The second-order valence-corrected chi connectivity index (χ2v) is 8.71. The Labute approximate surface area is 161 Å². The number of nitrogens with zero attached hydrogens (tertiary/aromatic N) is 3. The number of anilines is 1. The third-order valence-corrected chi connectivity index (χ3v) is 5.79. The number of rotatable bonds is 3. The van der Waals surface area contributed by atoms with E-state index < -0.39 is 5.82 Å². The van der Waals surface area contributed by atoms with E-state index in [0.717, 1.165) is 5.01 Å². The van der Waals surface area contributed by atoms with Crippen molar-refractivity contribution in [2.24, 2.45) is 5.92 Å². The molecule has 0 saturated carbocycles. The molecule has 1 N–H and O–H groups in total. The fourth-order valence-electron chi connectivity index (χ4n) is 2.93. The van der Waals surface area contributed by atoms with Gasteiger partial charge in [0.1, 0.15) is 10.8 Å². The summed E-state index contributed by atoms with van der Waals surface area (Å²) in [6, 6.07) is 5.68. The molecule has 8 heteroatoms. The lowest BCUT2D eigenvalue weighted by atomic mass is 9.95. The van der Waals surface area contributed by atoms with Crippen LogP contribution in [0.15, 0.2) is 24.3 Å². The van der Waals surface area contributed by atoms with Crippen LogP contribution < -0.4 is 5.32 Å². The highest BCUT2D eigenvalue weighted by molar-refractivity contribution is 7.15. The minimum absolute atomic E-state index is 0.0931. The topological polar surface area (TPSA) is 75.2 Å². The minimum atomic E-state index is -0.429. The summed E-state index contributed by atoms with van der Waals surface area (Å²) in [5.74, 6) is -0.901. The van der Waals surface area contributed by atoms with Gasteiger partial charge in [0.05, 0.1) is 0 Å². The number of hydrogen-bond acceptors (Lipinski definition) is 5. The predicted molar refractivity (Wildman–Crippen MR) is 102 cm³/mol. The van der Waals surface area contributed by atoms with Crippen molar-refractivity contribution in [3.05, 3.63) is 40.7 Å². The molecule has 144 valence electrons. The number of carbonyl (C=O) groups excluding carboxylic acids is 2. The molecule has 2 amide bonds. The van der Waals surface area contributed by atoms with Crippen LogP contribution in [0, 0.1) is 11.7 Å². The molecule has 0 spiro atoms. The van der Waals surface area contributed by atoms with Crippen LogP contribution in [-0.4, -0.2) is 40.0 Å². The van der Waals surface area contributed by atoms with Crippen molar-refractivity contribution in [2.75, 3.05) is 18.4 Å². The standard InChI is InChI=1S/C19H23FN4O2S/c1-19(2,3)17-22-23-18(27-17)21-15(25)12-7-9-24(10-8-12)16(26)13-5-4-6-14(20)11-13/h4-6,11-12H,7-10H2,1-3H3,(H,21,23,25). The molecule has 1 aromatic carbocycles. The molecule has 2 aromatic rings. The van der Waals surface area contributed by atoms with Crippen LogP contribution in [0.4, 0.5) is 9.52 Å². The summed E-state index contributed by atoms with van der Waals surface area (Å²) >= 11 is 1.38. The van der Waals surface area contributed by atoms with E-state index in [0.29, 0.717) is 36.6 Å². The van der Waals surface area contributed by atoms with Crippen LogP contribution in [0.1, 0.15) is 49.0 Å². The summed E-state index contributed by atoms with van der Waals surface area (Å²) in [4.78, 5) is 26.6. The van der Waals surface area contributed by atoms with Crippen LogP contribution in [-0.2, 0) is 10.2 Å². The Morgan fingerprint density at radius 1 is 1.22 bits per heavy atom. The molecule has 6 nitrogen and oxygen atoms in total. The first-order chi connectivity index (χ1) is 12.7. The number of likely N-dealkylation sites (tertiary alicyclic amines) is 1. The number of nitrogens with one attached hydrogen (secondary N) is 1. The van der Waals surface area contributed by atoms with E-state index in [1.807, 2.05) is 20.8 Å². The largest absolute Gasteiger partial charge is 0.339 e.